The molecule has 1 aromatic carbocycles. The molecule has 0 N–H and O–H groups in total. The summed E-state index contributed by atoms with van der Waals surface area (Å²) >= 11 is 0. The molecule has 1 aliphatic carbocycles. The zero-order valence-electron chi connectivity index (χ0n) is 7.77. The van der Waals surface area contributed by atoms with Crippen molar-refractivity contribution in [3.05, 3.63) is 30.3 Å². The molecule has 0 radical (unpaired) electrons. The molecule has 0 saturated heterocycles. The van der Waals surface area contributed by atoms with E-state index in [1.165, 1.54) is 0 Å². The second-order valence-corrected chi connectivity index (χ2v) is 5.33. The Morgan fingerprint density at radius 2 is 1.93 bits per heavy atom. The van der Waals surface area contributed by atoms with Gasteiger partial charge in [0.15, 0.2) is 0 Å². The summed E-state index contributed by atoms with van der Waals surface area (Å²) in [5, 5.41) is 9.03. The van der Waals surface area contributed by atoms with Crippen LogP contribution in [0.1, 0.15) is 19.3 Å². The van der Waals surface area contributed by atoms with Gasteiger partial charge in [0.25, 0.3) is 0 Å². The van der Waals surface area contributed by atoms with Crippen LogP contribution in [0.25, 0.3) is 0 Å². The van der Waals surface area contributed by atoms with Gasteiger partial charge in [-0.3, -0.25) is 4.21 Å². The van der Waals surface area contributed by atoms with E-state index in [0.717, 1.165) is 24.2 Å². The van der Waals surface area contributed by atoms with Gasteiger partial charge in [0.1, 0.15) is 4.75 Å². The third kappa shape index (κ3) is 1.36. The highest BCUT2D eigenvalue weighted by atomic mass is 32.2. The van der Waals surface area contributed by atoms with Crippen molar-refractivity contribution in [2.24, 2.45) is 0 Å². The van der Waals surface area contributed by atoms with E-state index in [-0.39, 0.29) is 0 Å². The smallest absolute Gasteiger partial charge is 0.137 e. The van der Waals surface area contributed by atoms with Gasteiger partial charge in [-0.15, -0.1) is 0 Å². The molecule has 0 amide bonds. The van der Waals surface area contributed by atoms with Crippen molar-refractivity contribution >= 4 is 10.8 Å². The lowest BCUT2D eigenvalue weighted by Gasteiger charge is -2.33. The van der Waals surface area contributed by atoms with Crippen molar-refractivity contribution in [2.75, 3.05) is 0 Å². The molecule has 14 heavy (non-hydrogen) atoms. The standard InChI is InChI=1S/C11H11NOS/c12-9-11(7-4-8-11)14(13)10-5-2-1-3-6-10/h1-3,5-6H,4,7-8H2. The first-order valence-electron chi connectivity index (χ1n) is 4.67. The fourth-order valence-corrected chi connectivity index (χ4v) is 3.20. The van der Waals surface area contributed by atoms with E-state index in [9.17, 15) is 4.21 Å². The van der Waals surface area contributed by atoms with Gasteiger partial charge in [0.2, 0.25) is 0 Å². The largest absolute Gasteiger partial charge is 0.253 e. The molecule has 0 bridgehead atoms. The van der Waals surface area contributed by atoms with Crippen molar-refractivity contribution in [1.29, 1.82) is 5.26 Å². The number of benzene rings is 1. The van der Waals surface area contributed by atoms with E-state index in [0.29, 0.717) is 0 Å². The van der Waals surface area contributed by atoms with Crippen LogP contribution < -0.4 is 0 Å². The minimum atomic E-state index is -1.16. The highest BCUT2D eigenvalue weighted by Gasteiger charge is 2.43. The molecule has 1 saturated carbocycles. The Morgan fingerprint density at radius 1 is 1.29 bits per heavy atom. The van der Waals surface area contributed by atoms with E-state index in [2.05, 4.69) is 6.07 Å². The van der Waals surface area contributed by atoms with Crippen LogP contribution in [-0.4, -0.2) is 8.96 Å². The average molecular weight is 205 g/mol. The second-order valence-electron chi connectivity index (χ2n) is 3.54. The lowest BCUT2D eigenvalue weighted by atomic mass is 9.86. The Kier molecular flexibility index (Phi) is 2.39. The molecule has 2 rings (SSSR count). The third-order valence-corrected chi connectivity index (χ3v) is 4.59. The zero-order valence-corrected chi connectivity index (χ0v) is 8.59. The topological polar surface area (TPSA) is 40.9 Å². The summed E-state index contributed by atoms with van der Waals surface area (Å²) in [6.45, 7) is 0. The van der Waals surface area contributed by atoms with E-state index in [4.69, 9.17) is 5.26 Å². The molecule has 0 spiro atoms. The molecule has 3 heteroatoms. The zero-order chi connectivity index (χ0) is 10.0. The van der Waals surface area contributed by atoms with Crippen LogP contribution in [0.2, 0.25) is 0 Å². The van der Waals surface area contributed by atoms with Gasteiger partial charge >= 0.3 is 0 Å². The molecule has 0 heterocycles. The maximum atomic E-state index is 12.1. The molecule has 1 fully saturated rings. The first-order chi connectivity index (χ1) is 6.78. The number of hydrogen-bond acceptors (Lipinski definition) is 2. The predicted octanol–water partition coefficient (Wildman–Crippen LogP) is 2.24. The molecule has 1 aliphatic rings. The lowest BCUT2D eigenvalue weighted by Crippen LogP contribution is -2.39. The van der Waals surface area contributed by atoms with E-state index < -0.39 is 15.5 Å². The number of hydrogen-bond donors (Lipinski definition) is 0. The van der Waals surface area contributed by atoms with Crippen molar-refractivity contribution in [2.45, 2.75) is 28.9 Å². The van der Waals surface area contributed by atoms with Crippen LogP contribution in [0, 0.1) is 11.3 Å². The number of nitriles is 1. The Bertz CT molecular complexity index is 389. The monoisotopic (exact) mass is 205 g/mol. The fourth-order valence-electron chi connectivity index (χ4n) is 1.61. The normalized spacial score (nSPS) is 20.5. The summed E-state index contributed by atoms with van der Waals surface area (Å²) < 4.78 is 11.5. The summed E-state index contributed by atoms with van der Waals surface area (Å²) in [5.41, 5.74) is 0. The molecule has 1 unspecified atom stereocenters. The average Bonchev–Trinajstić information content (AvgIpc) is 2.18. The molecule has 72 valence electrons. The highest BCUT2D eigenvalue weighted by Crippen LogP contribution is 2.39. The second kappa shape index (κ2) is 3.55. The van der Waals surface area contributed by atoms with Gasteiger partial charge in [-0.05, 0) is 31.4 Å². The van der Waals surface area contributed by atoms with Crippen molar-refractivity contribution in [3.63, 3.8) is 0 Å². The summed E-state index contributed by atoms with van der Waals surface area (Å²) in [6, 6.07) is 11.5. The van der Waals surface area contributed by atoms with Gasteiger partial charge in [0, 0.05) is 4.90 Å². The third-order valence-electron chi connectivity index (χ3n) is 2.68. The maximum Gasteiger partial charge on any atom is 0.137 e. The first kappa shape index (κ1) is 9.42. The van der Waals surface area contributed by atoms with E-state index in [1.807, 2.05) is 30.3 Å². The Balaban J connectivity index is 2.29. The van der Waals surface area contributed by atoms with E-state index >= 15 is 0 Å². The van der Waals surface area contributed by atoms with Crippen LogP contribution >= 0.6 is 0 Å². The minimum absolute atomic E-state index is 0.596. The lowest BCUT2D eigenvalue weighted by molar-refractivity contribution is 0.426. The van der Waals surface area contributed by atoms with Crippen LogP contribution in [0.5, 0.6) is 0 Å². The molecule has 0 aliphatic heterocycles. The predicted molar refractivity (Wildman–Crippen MR) is 55.0 cm³/mol. The number of nitrogens with zero attached hydrogens (tertiary/aromatic N) is 1. The highest BCUT2D eigenvalue weighted by molar-refractivity contribution is 7.86. The summed E-state index contributed by atoms with van der Waals surface area (Å²) in [5.74, 6) is 0. The van der Waals surface area contributed by atoms with Gasteiger partial charge in [-0.2, -0.15) is 5.26 Å². The van der Waals surface area contributed by atoms with Crippen LogP contribution in [0.3, 0.4) is 0 Å². The molecule has 1 aromatic rings. The Morgan fingerprint density at radius 3 is 2.36 bits per heavy atom. The van der Waals surface area contributed by atoms with Crippen LogP contribution in [-0.2, 0) is 10.8 Å². The van der Waals surface area contributed by atoms with Gasteiger partial charge in [-0.1, -0.05) is 18.2 Å². The Labute approximate surface area is 86.0 Å². The van der Waals surface area contributed by atoms with Gasteiger partial charge in [-0.25, -0.2) is 0 Å². The first-order valence-corrected chi connectivity index (χ1v) is 5.82. The summed E-state index contributed by atoms with van der Waals surface area (Å²) in [7, 11) is -1.16. The quantitative estimate of drug-likeness (QED) is 0.743. The van der Waals surface area contributed by atoms with Gasteiger partial charge < -0.3 is 0 Å². The minimum Gasteiger partial charge on any atom is -0.253 e. The van der Waals surface area contributed by atoms with Crippen LogP contribution in [0.15, 0.2) is 35.2 Å². The van der Waals surface area contributed by atoms with E-state index in [1.54, 1.807) is 0 Å². The molecular formula is C11H11NOS. The maximum absolute atomic E-state index is 12.1. The summed E-state index contributed by atoms with van der Waals surface area (Å²) in [4.78, 5) is 0.772. The Hall–Kier alpha value is -1.14. The van der Waals surface area contributed by atoms with Crippen molar-refractivity contribution < 1.29 is 4.21 Å². The molecule has 2 nitrogen and oxygen atoms in total. The van der Waals surface area contributed by atoms with Crippen molar-refractivity contribution in [1.82, 2.24) is 0 Å². The summed E-state index contributed by atoms with van der Waals surface area (Å²) in [6.07, 6.45) is 2.56. The van der Waals surface area contributed by atoms with Crippen LogP contribution in [0.4, 0.5) is 0 Å². The molecule has 1 atom stereocenters. The number of rotatable bonds is 2. The SMILES string of the molecule is N#CC1(S(=O)c2ccccc2)CCC1. The fraction of sp³-hybridized carbons (Fsp3) is 0.364. The molecular weight excluding hydrogens is 194 g/mol. The van der Waals surface area contributed by atoms with Gasteiger partial charge in [0.05, 0.1) is 16.9 Å². The van der Waals surface area contributed by atoms with Crippen molar-refractivity contribution in [3.8, 4) is 6.07 Å². The molecule has 0 aromatic heterocycles.